The summed E-state index contributed by atoms with van der Waals surface area (Å²) in [6.07, 6.45) is -4.30. The van der Waals surface area contributed by atoms with Crippen LogP contribution in [0, 0.1) is 12.8 Å². The average Bonchev–Trinajstić information content (AvgIpc) is 2.19. The fraction of sp³-hybridized carbons (Fsp3) is 0.500. The number of hydrazine groups is 1. The zero-order valence-corrected chi connectivity index (χ0v) is 10.1. The zero-order chi connectivity index (χ0) is 13.2. The Morgan fingerprint density at radius 2 is 1.82 bits per heavy atom. The summed E-state index contributed by atoms with van der Waals surface area (Å²) in [4.78, 5) is 0. The van der Waals surface area contributed by atoms with E-state index < -0.39 is 11.7 Å². The maximum absolute atomic E-state index is 12.5. The van der Waals surface area contributed by atoms with E-state index in [1.807, 2.05) is 13.8 Å². The molecule has 0 bridgehead atoms. The number of hydrogen-bond donors (Lipinski definition) is 2. The first-order chi connectivity index (χ1) is 7.77. The van der Waals surface area contributed by atoms with Crippen molar-refractivity contribution < 1.29 is 13.2 Å². The number of halogens is 3. The predicted octanol–water partition coefficient (Wildman–Crippen LogP) is 3.17. The SMILES string of the molecule is Cc1cc(C(F)(F)F)ccc1C(NN)C(C)C. The maximum atomic E-state index is 12.5. The molecule has 0 saturated carbocycles. The summed E-state index contributed by atoms with van der Waals surface area (Å²) in [5.74, 6) is 5.63. The van der Waals surface area contributed by atoms with Crippen molar-refractivity contribution in [3.63, 3.8) is 0 Å². The highest BCUT2D eigenvalue weighted by molar-refractivity contribution is 5.34. The fourth-order valence-electron chi connectivity index (χ4n) is 1.84. The second-order valence-corrected chi connectivity index (χ2v) is 4.46. The molecule has 0 spiro atoms. The molecule has 0 aliphatic heterocycles. The Bertz CT molecular complexity index is 386. The summed E-state index contributed by atoms with van der Waals surface area (Å²) in [5, 5.41) is 0. The Hall–Kier alpha value is -1.07. The molecule has 0 amide bonds. The highest BCUT2D eigenvalue weighted by Crippen LogP contribution is 2.32. The van der Waals surface area contributed by atoms with Crippen LogP contribution in [0.4, 0.5) is 13.2 Å². The molecule has 0 heterocycles. The van der Waals surface area contributed by atoms with Gasteiger partial charge in [-0.1, -0.05) is 19.9 Å². The van der Waals surface area contributed by atoms with Crippen LogP contribution in [0.1, 0.15) is 36.6 Å². The van der Waals surface area contributed by atoms with Crippen molar-refractivity contribution in [3.05, 3.63) is 34.9 Å². The van der Waals surface area contributed by atoms with Gasteiger partial charge >= 0.3 is 6.18 Å². The van der Waals surface area contributed by atoms with Crippen molar-refractivity contribution in [2.75, 3.05) is 0 Å². The minimum Gasteiger partial charge on any atom is -0.271 e. The van der Waals surface area contributed by atoms with E-state index in [0.717, 1.165) is 17.7 Å². The Morgan fingerprint density at radius 1 is 1.24 bits per heavy atom. The number of nitrogens with two attached hydrogens (primary N) is 1. The molecule has 0 fully saturated rings. The number of rotatable bonds is 3. The number of alkyl halides is 3. The highest BCUT2D eigenvalue weighted by Gasteiger charge is 2.31. The van der Waals surface area contributed by atoms with Gasteiger partial charge in [0.2, 0.25) is 0 Å². The summed E-state index contributed by atoms with van der Waals surface area (Å²) in [6.45, 7) is 5.58. The van der Waals surface area contributed by atoms with E-state index in [1.54, 1.807) is 6.92 Å². The first-order valence-electron chi connectivity index (χ1n) is 5.41. The van der Waals surface area contributed by atoms with Crippen LogP contribution in [-0.4, -0.2) is 0 Å². The summed E-state index contributed by atoms with van der Waals surface area (Å²) in [7, 11) is 0. The summed E-state index contributed by atoms with van der Waals surface area (Å²) in [5.41, 5.74) is 3.40. The van der Waals surface area contributed by atoms with Crippen molar-refractivity contribution in [2.24, 2.45) is 11.8 Å². The van der Waals surface area contributed by atoms with Crippen LogP contribution >= 0.6 is 0 Å². The Kier molecular flexibility index (Phi) is 4.16. The molecule has 1 aromatic rings. The third-order valence-electron chi connectivity index (χ3n) is 2.78. The molecule has 0 aliphatic carbocycles. The van der Waals surface area contributed by atoms with E-state index in [4.69, 9.17) is 5.84 Å². The molecule has 0 radical (unpaired) electrons. The van der Waals surface area contributed by atoms with E-state index >= 15 is 0 Å². The average molecular weight is 246 g/mol. The van der Waals surface area contributed by atoms with Crippen molar-refractivity contribution in [2.45, 2.75) is 33.0 Å². The predicted molar refractivity (Wildman–Crippen MR) is 61.1 cm³/mol. The summed E-state index contributed by atoms with van der Waals surface area (Å²) < 4.78 is 37.5. The quantitative estimate of drug-likeness (QED) is 0.635. The van der Waals surface area contributed by atoms with Gasteiger partial charge in [-0.3, -0.25) is 11.3 Å². The van der Waals surface area contributed by atoms with Crippen LogP contribution in [0.5, 0.6) is 0 Å². The second kappa shape index (κ2) is 5.06. The molecule has 17 heavy (non-hydrogen) atoms. The van der Waals surface area contributed by atoms with E-state index in [9.17, 15) is 13.2 Å². The van der Waals surface area contributed by atoms with Crippen molar-refractivity contribution in [3.8, 4) is 0 Å². The molecule has 0 aromatic heterocycles. The molecule has 1 aromatic carbocycles. The first-order valence-corrected chi connectivity index (χ1v) is 5.41. The lowest BCUT2D eigenvalue weighted by molar-refractivity contribution is -0.137. The van der Waals surface area contributed by atoms with Crippen LogP contribution in [-0.2, 0) is 6.18 Å². The van der Waals surface area contributed by atoms with Gasteiger partial charge in [0, 0.05) is 6.04 Å². The molecule has 0 aliphatic rings. The number of benzene rings is 1. The number of aryl methyl sites for hydroxylation is 1. The van der Waals surface area contributed by atoms with Crippen molar-refractivity contribution in [1.29, 1.82) is 0 Å². The first kappa shape index (κ1) is 14.0. The third kappa shape index (κ3) is 3.20. The van der Waals surface area contributed by atoms with Crippen LogP contribution in [0.2, 0.25) is 0 Å². The smallest absolute Gasteiger partial charge is 0.271 e. The topological polar surface area (TPSA) is 38.0 Å². The Morgan fingerprint density at radius 3 is 2.18 bits per heavy atom. The van der Waals surface area contributed by atoms with E-state index in [-0.39, 0.29) is 12.0 Å². The van der Waals surface area contributed by atoms with Crippen molar-refractivity contribution >= 4 is 0 Å². The molecule has 1 rings (SSSR count). The van der Waals surface area contributed by atoms with Gasteiger partial charge in [0.15, 0.2) is 0 Å². The lowest BCUT2D eigenvalue weighted by atomic mass is 9.92. The summed E-state index contributed by atoms with van der Waals surface area (Å²) >= 11 is 0. The molecular weight excluding hydrogens is 229 g/mol. The van der Waals surface area contributed by atoms with Crippen molar-refractivity contribution in [1.82, 2.24) is 5.43 Å². The molecule has 2 nitrogen and oxygen atoms in total. The van der Waals surface area contributed by atoms with Gasteiger partial charge in [-0.05, 0) is 36.1 Å². The largest absolute Gasteiger partial charge is 0.416 e. The second-order valence-electron chi connectivity index (χ2n) is 4.46. The molecule has 5 heteroatoms. The van der Waals surface area contributed by atoms with Crippen LogP contribution in [0.3, 0.4) is 0 Å². The van der Waals surface area contributed by atoms with Gasteiger partial charge in [-0.25, -0.2) is 0 Å². The fourth-order valence-corrected chi connectivity index (χ4v) is 1.84. The zero-order valence-electron chi connectivity index (χ0n) is 10.1. The van der Waals surface area contributed by atoms with Crippen LogP contribution < -0.4 is 11.3 Å². The van der Waals surface area contributed by atoms with Gasteiger partial charge in [-0.15, -0.1) is 0 Å². The normalized spacial score (nSPS) is 14.1. The summed E-state index contributed by atoms with van der Waals surface area (Å²) in [6, 6.07) is 3.59. The standard InChI is InChI=1S/C12H17F3N2/c1-7(2)11(17-16)10-5-4-9(6-8(10)3)12(13,14)15/h4-7,11,17H,16H2,1-3H3. The van der Waals surface area contributed by atoms with Gasteiger partial charge in [0.1, 0.15) is 0 Å². The minimum atomic E-state index is -4.30. The minimum absolute atomic E-state index is 0.141. The van der Waals surface area contributed by atoms with Crippen LogP contribution in [0.25, 0.3) is 0 Å². The molecule has 1 unspecified atom stereocenters. The maximum Gasteiger partial charge on any atom is 0.416 e. The monoisotopic (exact) mass is 246 g/mol. The molecule has 0 saturated heterocycles. The molecule has 1 atom stereocenters. The van der Waals surface area contributed by atoms with E-state index in [2.05, 4.69) is 5.43 Å². The van der Waals surface area contributed by atoms with Gasteiger partial charge in [0.25, 0.3) is 0 Å². The lowest BCUT2D eigenvalue weighted by Gasteiger charge is -2.23. The molecular formula is C12H17F3N2. The van der Waals surface area contributed by atoms with E-state index in [1.165, 1.54) is 6.07 Å². The third-order valence-corrected chi connectivity index (χ3v) is 2.78. The number of hydrogen-bond acceptors (Lipinski definition) is 2. The van der Waals surface area contributed by atoms with Gasteiger partial charge < -0.3 is 0 Å². The molecule has 96 valence electrons. The van der Waals surface area contributed by atoms with E-state index in [0.29, 0.717) is 5.56 Å². The Balaban J connectivity index is 3.13. The van der Waals surface area contributed by atoms with Crippen LogP contribution in [0.15, 0.2) is 18.2 Å². The highest BCUT2D eigenvalue weighted by atomic mass is 19.4. The van der Waals surface area contributed by atoms with Gasteiger partial charge in [-0.2, -0.15) is 13.2 Å². The molecule has 3 N–H and O–H groups in total. The number of nitrogens with one attached hydrogen (secondary N) is 1. The lowest BCUT2D eigenvalue weighted by Crippen LogP contribution is -2.32. The Labute approximate surface area is 99.0 Å². The van der Waals surface area contributed by atoms with Gasteiger partial charge in [0.05, 0.1) is 5.56 Å².